The molecule has 8 nitrogen and oxygen atoms in total. The number of likely N-dealkylation sites (tertiary alicyclic amines) is 1. The smallest absolute Gasteiger partial charge is 0.305 e. The molecule has 1 aliphatic heterocycles. The second kappa shape index (κ2) is 10.3. The molecule has 3 amide bonds. The van der Waals surface area contributed by atoms with Crippen molar-refractivity contribution in [1.29, 1.82) is 0 Å². The predicted octanol–water partition coefficient (Wildman–Crippen LogP) is 3.19. The lowest BCUT2D eigenvalue weighted by Gasteiger charge is -2.30. The number of nitrogens with zero attached hydrogens (tertiary/aromatic N) is 1. The summed E-state index contributed by atoms with van der Waals surface area (Å²) in [5.74, 6) is 0.413. The molecule has 0 radical (unpaired) electrons. The van der Waals surface area contributed by atoms with Gasteiger partial charge in [0.1, 0.15) is 24.2 Å². The van der Waals surface area contributed by atoms with Crippen molar-refractivity contribution in [1.82, 2.24) is 15.8 Å². The lowest BCUT2D eigenvalue weighted by molar-refractivity contribution is -0.142. The van der Waals surface area contributed by atoms with Gasteiger partial charge in [-0.05, 0) is 49.9 Å². The van der Waals surface area contributed by atoms with Crippen LogP contribution in [-0.4, -0.2) is 35.2 Å². The highest BCUT2D eigenvalue weighted by atomic mass is 16.5. The maximum atomic E-state index is 12.9. The van der Waals surface area contributed by atoms with Crippen LogP contribution in [0.2, 0.25) is 0 Å². The standard InChI is InChI=1S/C24H29N3O5/c28-22(20-12-7-15-27(20)24(30)17-8-3-1-4-9-17)25-26-23(29)21-14-13-19(32-21)16-31-18-10-5-2-6-11-18/h2,5-6,10-11,13-14,17,20H,1,3-4,7-9,12,15-16H2,(H,25,28)(H,26,29). The fourth-order valence-corrected chi connectivity index (χ4v) is 4.40. The molecule has 1 aromatic heterocycles. The van der Waals surface area contributed by atoms with Crippen molar-refractivity contribution in [3.05, 3.63) is 54.0 Å². The first-order valence-corrected chi connectivity index (χ1v) is 11.3. The molecule has 2 aromatic rings. The molecule has 0 spiro atoms. The van der Waals surface area contributed by atoms with Crippen molar-refractivity contribution < 1.29 is 23.5 Å². The summed E-state index contributed by atoms with van der Waals surface area (Å²) in [6.45, 7) is 0.772. The van der Waals surface area contributed by atoms with Gasteiger partial charge in [-0.3, -0.25) is 25.2 Å². The molecule has 8 heteroatoms. The maximum Gasteiger partial charge on any atom is 0.305 e. The molecule has 1 saturated heterocycles. The number of carbonyl (C=O) groups excluding carboxylic acids is 3. The van der Waals surface area contributed by atoms with Crippen LogP contribution in [0.3, 0.4) is 0 Å². The normalized spacial score (nSPS) is 18.9. The Kier molecular flexibility index (Phi) is 7.09. The average molecular weight is 440 g/mol. The molecule has 2 N–H and O–H groups in total. The van der Waals surface area contributed by atoms with Gasteiger partial charge >= 0.3 is 5.91 Å². The number of benzene rings is 1. The highest BCUT2D eigenvalue weighted by molar-refractivity contribution is 5.94. The Morgan fingerprint density at radius 1 is 0.938 bits per heavy atom. The molecule has 1 unspecified atom stereocenters. The second-order valence-electron chi connectivity index (χ2n) is 8.34. The van der Waals surface area contributed by atoms with Crippen LogP contribution in [0.1, 0.15) is 61.3 Å². The van der Waals surface area contributed by atoms with E-state index in [9.17, 15) is 14.4 Å². The molecule has 1 atom stereocenters. The Bertz CT molecular complexity index is 936. The van der Waals surface area contributed by atoms with Crippen LogP contribution < -0.4 is 15.6 Å². The van der Waals surface area contributed by atoms with Gasteiger partial charge in [-0.25, -0.2) is 0 Å². The minimum absolute atomic E-state index is 0.0198. The van der Waals surface area contributed by atoms with Gasteiger partial charge in [0, 0.05) is 12.5 Å². The summed E-state index contributed by atoms with van der Waals surface area (Å²) in [4.78, 5) is 39.6. The molecule has 2 heterocycles. The Hall–Kier alpha value is -3.29. The average Bonchev–Trinajstić information content (AvgIpc) is 3.52. The van der Waals surface area contributed by atoms with E-state index < -0.39 is 11.9 Å². The Morgan fingerprint density at radius 2 is 1.72 bits per heavy atom. The summed E-state index contributed by atoms with van der Waals surface area (Å²) >= 11 is 0. The summed E-state index contributed by atoms with van der Waals surface area (Å²) in [7, 11) is 0. The first-order chi connectivity index (χ1) is 15.6. The summed E-state index contributed by atoms with van der Waals surface area (Å²) in [6, 6.07) is 11.9. The third-order valence-electron chi connectivity index (χ3n) is 6.10. The largest absolute Gasteiger partial charge is 0.486 e. The Morgan fingerprint density at radius 3 is 2.50 bits per heavy atom. The van der Waals surface area contributed by atoms with Crippen LogP contribution in [0.4, 0.5) is 0 Å². The first-order valence-electron chi connectivity index (χ1n) is 11.3. The second-order valence-corrected chi connectivity index (χ2v) is 8.34. The Balaban J connectivity index is 1.26. The van der Waals surface area contributed by atoms with E-state index in [1.807, 2.05) is 30.3 Å². The molecule has 0 bridgehead atoms. The monoisotopic (exact) mass is 439 g/mol. The number of rotatable bonds is 6. The molecule has 2 fully saturated rings. The van der Waals surface area contributed by atoms with E-state index in [4.69, 9.17) is 9.15 Å². The van der Waals surface area contributed by atoms with Crippen molar-refractivity contribution in [2.75, 3.05) is 6.54 Å². The molecule has 1 saturated carbocycles. The summed E-state index contributed by atoms with van der Waals surface area (Å²) in [5, 5.41) is 0. The van der Waals surface area contributed by atoms with Gasteiger partial charge in [-0.15, -0.1) is 0 Å². The van der Waals surface area contributed by atoms with Crippen molar-refractivity contribution >= 4 is 17.7 Å². The predicted molar refractivity (Wildman–Crippen MR) is 116 cm³/mol. The molecule has 4 rings (SSSR count). The van der Waals surface area contributed by atoms with Crippen LogP contribution in [0.25, 0.3) is 0 Å². The summed E-state index contributed by atoms with van der Waals surface area (Å²) < 4.78 is 11.1. The number of furan rings is 1. The molecule has 1 aromatic carbocycles. The van der Waals surface area contributed by atoms with Gasteiger partial charge in [-0.2, -0.15) is 0 Å². The van der Waals surface area contributed by atoms with E-state index >= 15 is 0 Å². The number of hydrogen-bond acceptors (Lipinski definition) is 5. The van der Waals surface area contributed by atoms with Gasteiger partial charge in [0.25, 0.3) is 5.91 Å². The van der Waals surface area contributed by atoms with E-state index in [1.54, 1.807) is 11.0 Å². The quantitative estimate of drug-likeness (QED) is 0.673. The number of ether oxygens (including phenoxy) is 1. The van der Waals surface area contributed by atoms with Crippen LogP contribution in [0, 0.1) is 5.92 Å². The van der Waals surface area contributed by atoms with Crippen LogP contribution in [0.15, 0.2) is 46.9 Å². The summed E-state index contributed by atoms with van der Waals surface area (Å²) in [6.07, 6.45) is 6.49. The molecular weight excluding hydrogens is 410 g/mol. The van der Waals surface area contributed by atoms with Gasteiger partial charge in [0.15, 0.2) is 5.76 Å². The van der Waals surface area contributed by atoms with Crippen molar-refractivity contribution in [2.45, 2.75) is 57.6 Å². The third kappa shape index (κ3) is 5.30. The molecule has 170 valence electrons. The first kappa shape index (κ1) is 21.9. The third-order valence-corrected chi connectivity index (χ3v) is 6.10. The number of hydrazine groups is 1. The number of carbonyl (C=O) groups is 3. The zero-order valence-electron chi connectivity index (χ0n) is 18.0. The van der Waals surface area contributed by atoms with E-state index in [0.717, 1.165) is 32.1 Å². The Labute approximate surface area is 187 Å². The minimum Gasteiger partial charge on any atom is -0.486 e. The van der Waals surface area contributed by atoms with E-state index in [0.29, 0.717) is 24.5 Å². The van der Waals surface area contributed by atoms with Gasteiger partial charge < -0.3 is 14.1 Å². The number of hydrogen-bond donors (Lipinski definition) is 2. The molecule has 32 heavy (non-hydrogen) atoms. The lowest BCUT2D eigenvalue weighted by Crippen LogP contribution is -2.52. The van der Waals surface area contributed by atoms with E-state index in [1.165, 1.54) is 12.5 Å². The van der Waals surface area contributed by atoms with Crippen molar-refractivity contribution in [2.24, 2.45) is 5.92 Å². The SMILES string of the molecule is O=C(NNC(=O)C1CCCN1C(=O)C1CCCCC1)c1ccc(COc2ccccc2)o1. The van der Waals surface area contributed by atoms with Gasteiger partial charge in [0.2, 0.25) is 5.91 Å². The number of para-hydroxylation sites is 1. The zero-order valence-corrected chi connectivity index (χ0v) is 18.0. The summed E-state index contributed by atoms with van der Waals surface area (Å²) in [5.41, 5.74) is 4.84. The van der Waals surface area contributed by atoms with Crippen LogP contribution in [0.5, 0.6) is 5.75 Å². The number of nitrogens with one attached hydrogen (secondary N) is 2. The topological polar surface area (TPSA) is 101 Å². The lowest BCUT2D eigenvalue weighted by atomic mass is 9.88. The van der Waals surface area contributed by atoms with E-state index in [-0.39, 0.29) is 30.1 Å². The van der Waals surface area contributed by atoms with Crippen LogP contribution in [-0.2, 0) is 16.2 Å². The highest BCUT2D eigenvalue weighted by Gasteiger charge is 2.37. The van der Waals surface area contributed by atoms with E-state index in [2.05, 4.69) is 10.9 Å². The van der Waals surface area contributed by atoms with Crippen molar-refractivity contribution in [3.8, 4) is 5.75 Å². The molecule has 1 aliphatic carbocycles. The fraction of sp³-hybridized carbons (Fsp3) is 0.458. The van der Waals surface area contributed by atoms with Crippen molar-refractivity contribution in [3.63, 3.8) is 0 Å². The van der Waals surface area contributed by atoms with Gasteiger partial charge in [0.05, 0.1) is 0 Å². The van der Waals surface area contributed by atoms with Crippen LogP contribution >= 0.6 is 0 Å². The minimum atomic E-state index is -0.563. The fourth-order valence-electron chi connectivity index (χ4n) is 4.40. The molecule has 2 aliphatic rings. The maximum absolute atomic E-state index is 12.9. The zero-order chi connectivity index (χ0) is 22.3. The number of amides is 3. The highest BCUT2D eigenvalue weighted by Crippen LogP contribution is 2.28. The molecular formula is C24H29N3O5. The van der Waals surface area contributed by atoms with Gasteiger partial charge in [-0.1, -0.05) is 37.5 Å².